The zero-order valence-corrected chi connectivity index (χ0v) is 11.6. The van der Waals surface area contributed by atoms with E-state index < -0.39 is 0 Å². The molecule has 0 amide bonds. The minimum absolute atomic E-state index is 0.0601. The summed E-state index contributed by atoms with van der Waals surface area (Å²) in [7, 11) is 0. The maximum Gasteiger partial charge on any atom is 0.137 e. The molecule has 0 aliphatic carbocycles. The van der Waals surface area contributed by atoms with Crippen LogP contribution in [-0.4, -0.2) is 5.11 Å². The molecule has 2 rings (SSSR count). The lowest BCUT2D eigenvalue weighted by Gasteiger charge is -2.08. The van der Waals surface area contributed by atoms with Crippen molar-refractivity contribution in [2.24, 2.45) is 0 Å². The second kappa shape index (κ2) is 5.59. The molecular formula is C13H10BrClFNO. The lowest BCUT2D eigenvalue weighted by molar-refractivity contribution is 0.475. The van der Waals surface area contributed by atoms with E-state index in [1.54, 1.807) is 30.3 Å². The third-order valence-corrected chi connectivity index (χ3v) is 3.34. The van der Waals surface area contributed by atoms with Gasteiger partial charge in [-0.25, -0.2) is 4.39 Å². The Morgan fingerprint density at radius 2 is 2.00 bits per heavy atom. The molecule has 0 saturated heterocycles. The van der Waals surface area contributed by atoms with Crippen molar-refractivity contribution < 1.29 is 9.50 Å². The van der Waals surface area contributed by atoms with Gasteiger partial charge >= 0.3 is 0 Å². The van der Waals surface area contributed by atoms with Gasteiger partial charge in [0.05, 0.1) is 9.50 Å². The van der Waals surface area contributed by atoms with E-state index in [1.165, 1.54) is 6.07 Å². The molecule has 0 saturated carbocycles. The van der Waals surface area contributed by atoms with Gasteiger partial charge in [0.25, 0.3) is 0 Å². The van der Waals surface area contributed by atoms with Crippen LogP contribution in [0, 0.1) is 5.82 Å². The molecule has 0 atom stereocenters. The molecule has 2 aromatic rings. The molecule has 0 heterocycles. The number of rotatable bonds is 3. The molecule has 0 fully saturated rings. The van der Waals surface area contributed by atoms with E-state index in [-0.39, 0.29) is 11.6 Å². The van der Waals surface area contributed by atoms with Crippen molar-refractivity contribution in [3.8, 4) is 5.75 Å². The number of aromatic hydroxyl groups is 1. The summed E-state index contributed by atoms with van der Waals surface area (Å²) in [6.45, 7) is 0.540. The largest absolute Gasteiger partial charge is 0.506 e. The number of anilines is 1. The van der Waals surface area contributed by atoms with Crippen LogP contribution < -0.4 is 5.32 Å². The Hall–Kier alpha value is -1.26. The molecule has 0 bridgehead atoms. The van der Waals surface area contributed by atoms with Crippen LogP contribution in [0.4, 0.5) is 10.1 Å². The molecule has 2 N–H and O–H groups in total. The minimum atomic E-state index is -0.298. The summed E-state index contributed by atoms with van der Waals surface area (Å²) in [5.41, 5.74) is 1.73. The third-order valence-electron chi connectivity index (χ3n) is 2.43. The Labute approximate surface area is 118 Å². The van der Waals surface area contributed by atoms with Gasteiger partial charge in [-0.1, -0.05) is 17.7 Å². The summed E-state index contributed by atoms with van der Waals surface area (Å²) in [5.74, 6) is -0.238. The molecule has 2 aromatic carbocycles. The van der Waals surface area contributed by atoms with Gasteiger partial charge in [0.1, 0.15) is 11.6 Å². The zero-order chi connectivity index (χ0) is 13.1. The van der Waals surface area contributed by atoms with Crippen molar-refractivity contribution in [2.45, 2.75) is 6.54 Å². The van der Waals surface area contributed by atoms with E-state index in [2.05, 4.69) is 21.2 Å². The number of phenolic OH excluding ortho intramolecular Hbond substituents is 1. The van der Waals surface area contributed by atoms with Crippen LogP contribution in [0.1, 0.15) is 5.56 Å². The van der Waals surface area contributed by atoms with Crippen LogP contribution >= 0.6 is 27.5 Å². The highest BCUT2D eigenvalue weighted by molar-refractivity contribution is 9.10. The molecule has 5 heteroatoms. The average molecular weight is 331 g/mol. The Bertz CT molecular complexity index is 525. The number of nitrogens with one attached hydrogen (secondary N) is 1. The van der Waals surface area contributed by atoms with E-state index in [0.717, 1.165) is 11.3 Å². The first-order valence-electron chi connectivity index (χ1n) is 5.22. The average Bonchev–Trinajstić information content (AvgIpc) is 2.35. The predicted molar refractivity (Wildman–Crippen MR) is 74.5 cm³/mol. The maximum absolute atomic E-state index is 13.0. The highest BCUT2D eigenvalue weighted by Crippen LogP contribution is 2.25. The fraction of sp³-hybridized carbons (Fsp3) is 0.0769. The fourth-order valence-electron chi connectivity index (χ4n) is 1.47. The van der Waals surface area contributed by atoms with Crippen LogP contribution in [0.15, 0.2) is 40.9 Å². The van der Waals surface area contributed by atoms with E-state index in [4.69, 9.17) is 11.6 Å². The van der Waals surface area contributed by atoms with Gasteiger partial charge in [-0.05, 0) is 51.8 Å². The SMILES string of the molecule is Oc1ccc(CNc2ccc(F)c(Br)c2)cc1Cl. The first-order valence-corrected chi connectivity index (χ1v) is 6.39. The van der Waals surface area contributed by atoms with Crippen molar-refractivity contribution in [1.82, 2.24) is 0 Å². The molecule has 94 valence electrons. The topological polar surface area (TPSA) is 32.3 Å². The lowest BCUT2D eigenvalue weighted by Crippen LogP contribution is -1.99. The Kier molecular flexibility index (Phi) is 4.09. The molecule has 0 radical (unpaired) electrons. The highest BCUT2D eigenvalue weighted by Gasteiger charge is 2.02. The lowest BCUT2D eigenvalue weighted by atomic mass is 10.2. The van der Waals surface area contributed by atoms with E-state index in [9.17, 15) is 9.50 Å². The number of benzene rings is 2. The molecule has 2 nitrogen and oxygen atoms in total. The second-order valence-corrected chi connectivity index (χ2v) is 5.03. The van der Waals surface area contributed by atoms with Crippen LogP contribution in [0.2, 0.25) is 5.02 Å². The summed E-state index contributed by atoms with van der Waals surface area (Å²) in [5, 5.41) is 12.7. The monoisotopic (exact) mass is 329 g/mol. The van der Waals surface area contributed by atoms with E-state index in [1.807, 2.05) is 0 Å². The number of phenols is 1. The molecule has 0 spiro atoms. The summed E-state index contributed by atoms with van der Waals surface area (Å²) in [6.07, 6.45) is 0. The first kappa shape index (κ1) is 13.2. The van der Waals surface area contributed by atoms with Crippen LogP contribution in [0.25, 0.3) is 0 Å². The van der Waals surface area contributed by atoms with Gasteiger partial charge < -0.3 is 10.4 Å². The number of halogens is 3. The second-order valence-electron chi connectivity index (χ2n) is 3.77. The van der Waals surface area contributed by atoms with Crippen LogP contribution in [0.5, 0.6) is 5.75 Å². The van der Waals surface area contributed by atoms with Gasteiger partial charge in [0.2, 0.25) is 0 Å². The molecule has 0 aliphatic rings. The summed E-state index contributed by atoms with van der Waals surface area (Å²) in [4.78, 5) is 0. The molecule has 0 aromatic heterocycles. The van der Waals surface area contributed by atoms with Crippen molar-refractivity contribution in [2.75, 3.05) is 5.32 Å². The quantitative estimate of drug-likeness (QED) is 0.864. The van der Waals surface area contributed by atoms with Gasteiger partial charge in [0.15, 0.2) is 0 Å². The minimum Gasteiger partial charge on any atom is -0.506 e. The number of hydrogen-bond acceptors (Lipinski definition) is 2. The number of hydrogen-bond donors (Lipinski definition) is 2. The standard InChI is InChI=1S/C13H10BrClFNO/c14-10-6-9(2-3-12(10)16)17-7-8-1-4-13(18)11(15)5-8/h1-6,17-18H,7H2. The normalized spacial score (nSPS) is 10.4. The van der Waals surface area contributed by atoms with Crippen LogP contribution in [0.3, 0.4) is 0 Å². The van der Waals surface area contributed by atoms with Crippen molar-refractivity contribution >= 4 is 33.2 Å². The van der Waals surface area contributed by atoms with Gasteiger partial charge in [-0.15, -0.1) is 0 Å². The Morgan fingerprint density at radius 1 is 1.22 bits per heavy atom. The summed E-state index contributed by atoms with van der Waals surface area (Å²) < 4.78 is 13.5. The van der Waals surface area contributed by atoms with Gasteiger partial charge in [-0.2, -0.15) is 0 Å². The van der Waals surface area contributed by atoms with E-state index in [0.29, 0.717) is 16.0 Å². The fourth-order valence-corrected chi connectivity index (χ4v) is 2.05. The Morgan fingerprint density at radius 3 is 2.67 bits per heavy atom. The van der Waals surface area contributed by atoms with Crippen molar-refractivity contribution in [1.29, 1.82) is 0 Å². The summed E-state index contributed by atoms with van der Waals surface area (Å²) >= 11 is 8.93. The van der Waals surface area contributed by atoms with Gasteiger partial charge in [0, 0.05) is 12.2 Å². The molecule has 18 heavy (non-hydrogen) atoms. The van der Waals surface area contributed by atoms with Gasteiger partial charge in [-0.3, -0.25) is 0 Å². The van der Waals surface area contributed by atoms with Crippen LogP contribution in [-0.2, 0) is 6.54 Å². The smallest absolute Gasteiger partial charge is 0.137 e. The molecule has 0 unspecified atom stereocenters. The highest BCUT2D eigenvalue weighted by atomic mass is 79.9. The molecular weight excluding hydrogens is 321 g/mol. The molecule has 0 aliphatic heterocycles. The summed E-state index contributed by atoms with van der Waals surface area (Å²) in [6, 6.07) is 9.70. The third kappa shape index (κ3) is 3.15. The first-order chi connectivity index (χ1) is 8.56. The van der Waals surface area contributed by atoms with Crippen molar-refractivity contribution in [3.05, 3.63) is 57.3 Å². The zero-order valence-electron chi connectivity index (χ0n) is 9.25. The Balaban J connectivity index is 2.06. The predicted octanol–water partition coefficient (Wildman–Crippen LogP) is 4.56. The van der Waals surface area contributed by atoms with Crippen molar-refractivity contribution in [3.63, 3.8) is 0 Å². The van der Waals surface area contributed by atoms with E-state index >= 15 is 0 Å². The maximum atomic E-state index is 13.0.